The van der Waals surface area contributed by atoms with Gasteiger partial charge in [-0.15, -0.1) is 0 Å². The normalized spacial score (nSPS) is 13.2. The molecule has 1 aromatic rings. The van der Waals surface area contributed by atoms with E-state index in [9.17, 15) is 0 Å². The molecule has 0 N–H and O–H groups in total. The van der Waals surface area contributed by atoms with Gasteiger partial charge in [-0.2, -0.15) is 0 Å². The summed E-state index contributed by atoms with van der Waals surface area (Å²) in [6.45, 7) is 8.98. The topological polar surface area (TPSA) is 13.1 Å². The Labute approximate surface area is 93.2 Å². The quantitative estimate of drug-likeness (QED) is 0.668. The molecule has 0 aliphatic rings. The lowest BCUT2D eigenvalue weighted by atomic mass is 9.85. The van der Waals surface area contributed by atoms with Crippen LogP contribution in [0, 0.1) is 5.41 Å². The van der Waals surface area contributed by atoms with Gasteiger partial charge in [-0.1, -0.05) is 40.2 Å². The maximum Gasteiger partial charge on any atom is 0.129 e. The molecule has 15 heavy (non-hydrogen) atoms. The van der Waals surface area contributed by atoms with E-state index < -0.39 is 0 Å². The number of furan rings is 1. The maximum atomic E-state index is 5.44. The Bertz CT molecular complexity index is 304. The molecule has 0 saturated carbocycles. The average molecular weight is 206 g/mol. The molecule has 0 fully saturated rings. The molecule has 0 aliphatic carbocycles. The first-order valence-electron chi connectivity index (χ1n) is 5.84. The fraction of sp³-hybridized carbons (Fsp3) is 0.571. The summed E-state index contributed by atoms with van der Waals surface area (Å²) in [6, 6.07) is 3.99. The van der Waals surface area contributed by atoms with Crippen LogP contribution >= 0.6 is 0 Å². The van der Waals surface area contributed by atoms with Crippen LogP contribution in [-0.2, 0) is 0 Å². The van der Waals surface area contributed by atoms with Crippen molar-refractivity contribution in [3.05, 3.63) is 30.2 Å². The van der Waals surface area contributed by atoms with Gasteiger partial charge >= 0.3 is 0 Å². The van der Waals surface area contributed by atoms with Crippen LogP contribution in [0.25, 0.3) is 5.57 Å². The minimum Gasteiger partial charge on any atom is -0.465 e. The van der Waals surface area contributed by atoms with E-state index >= 15 is 0 Å². The van der Waals surface area contributed by atoms with E-state index in [-0.39, 0.29) is 5.41 Å². The van der Waals surface area contributed by atoms with Crippen molar-refractivity contribution in [1.82, 2.24) is 0 Å². The summed E-state index contributed by atoms with van der Waals surface area (Å²) in [4.78, 5) is 0. The lowest BCUT2D eigenvalue weighted by molar-refractivity contribution is 0.431. The molecule has 0 amide bonds. The van der Waals surface area contributed by atoms with Gasteiger partial charge in [0.2, 0.25) is 0 Å². The summed E-state index contributed by atoms with van der Waals surface area (Å²) in [5.41, 5.74) is 1.59. The third-order valence-corrected chi connectivity index (χ3v) is 2.68. The first kappa shape index (κ1) is 12.1. The third-order valence-electron chi connectivity index (χ3n) is 2.68. The van der Waals surface area contributed by atoms with Crippen LogP contribution in [-0.4, -0.2) is 0 Å². The summed E-state index contributed by atoms with van der Waals surface area (Å²) in [6.07, 6.45) is 7.57. The molecule has 1 heterocycles. The Morgan fingerprint density at radius 3 is 2.60 bits per heavy atom. The van der Waals surface area contributed by atoms with Crippen molar-refractivity contribution >= 4 is 5.57 Å². The second-order valence-electron chi connectivity index (χ2n) is 4.74. The van der Waals surface area contributed by atoms with Crippen LogP contribution in [0.15, 0.2) is 28.9 Å². The highest BCUT2D eigenvalue weighted by Crippen LogP contribution is 2.30. The van der Waals surface area contributed by atoms with Crippen molar-refractivity contribution in [2.75, 3.05) is 0 Å². The monoisotopic (exact) mass is 206 g/mol. The molecule has 0 aliphatic heterocycles. The molecule has 1 rings (SSSR count). The van der Waals surface area contributed by atoms with Crippen LogP contribution in [0.3, 0.4) is 0 Å². The Hall–Kier alpha value is -0.980. The molecule has 0 atom stereocenters. The van der Waals surface area contributed by atoms with E-state index in [2.05, 4.69) is 33.8 Å². The molecule has 0 unspecified atom stereocenters. The van der Waals surface area contributed by atoms with E-state index in [1.807, 2.05) is 12.1 Å². The van der Waals surface area contributed by atoms with Crippen LogP contribution in [0.4, 0.5) is 0 Å². The average Bonchev–Trinajstić information content (AvgIpc) is 2.67. The van der Waals surface area contributed by atoms with Crippen molar-refractivity contribution in [2.24, 2.45) is 5.41 Å². The highest BCUT2D eigenvalue weighted by atomic mass is 16.3. The minimum atomic E-state index is 0.271. The largest absolute Gasteiger partial charge is 0.465 e. The molecule has 0 aromatic carbocycles. The van der Waals surface area contributed by atoms with Crippen LogP contribution in [0.1, 0.15) is 52.7 Å². The van der Waals surface area contributed by atoms with E-state index in [0.717, 1.165) is 12.2 Å². The van der Waals surface area contributed by atoms with Gasteiger partial charge in [0, 0.05) is 0 Å². The first-order chi connectivity index (χ1) is 7.09. The zero-order valence-electron chi connectivity index (χ0n) is 10.3. The van der Waals surface area contributed by atoms with Gasteiger partial charge in [-0.3, -0.25) is 0 Å². The third kappa shape index (κ3) is 3.58. The minimum absolute atomic E-state index is 0.271. The SMILES string of the molecule is CCCC(C)(C)/C=C(\CC)c1ccco1. The number of rotatable bonds is 5. The Morgan fingerprint density at radius 1 is 1.40 bits per heavy atom. The Balaban J connectivity index is 2.87. The van der Waals surface area contributed by atoms with E-state index in [1.54, 1.807) is 6.26 Å². The summed E-state index contributed by atoms with van der Waals surface area (Å²) in [7, 11) is 0. The summed E-state index contributed by atoms with van der Waals surface area (Å²) in [5.74, 6) is 1.02. The predicted molar refractivity (Wildman–Crippen MR) is 65.7 cm³/mol. The Morgan fingerprint density at radius 2 is 2.13 bits per heavy atom. The van der Waals surface area contributed by atoms with Crippen molar-refractivity contribution in [2.45, 2.75) is 47.0 Å². The summed E-state index contributed by atoms with van der Waals surface area (Å²) in [5, 5.41) is 0. The lowest BCUT2D eigenvalue weighted by Crippen LogP contribution is -2.07. The van der Waals surface area contributed by atoms with Gasteiger partial charge in [-0.05, 0) is 36.0 Å². The number of allylic oxidation sites excluding steroid dienone is 2. The standard InChI is InChI=1S/C14H22O/c1-5-9-14(3,4)11-12(6-2)13-8-7-10-15-13/h7-8,10-11H,5-6,9H2,1-4H3/b12-11+. The predicted octanol–water partition coefficient (Wildman–Crippen LogP) is 4.90. The van der Waals surface area contributed by atoms with Gasteiger partial charge in [0.15, 0.2) is 0 Å². The van der Waals surface area contributed by atoms with Gasteiger partial charge in [0.1, 0.15) is 5.76 Å². The van der Waals surface area contributed by atoms with Crippen molar-refractivity contribution in [3.63, 3.8) is 0 Å². The second kappa shape index (κ2) is 5.20. The van der Waals surface area contributed by atoms with Crippen molar-refractivity contribution < 1.29 is 4.42 Å². The molecule has 1 heteroatoms. The number of hydrogen-bond acceptors (Lipinski definition) is 1. The highest BCUT2D eigenvalue weighted by Gasteiger charge is 2.15. The zero-order valence-corrected chi connectivity index (χ0v) is 10.3. The lowest BCUT2D eigenvalue weighted by Gasteiger charge is -2.20. The summed E-state index contributed by atoms with van der Waals surface area (Å²) >= 11 is 0. The molecule has 1 nitrogen and oxygen atoms in total. The van der Waals surface area contributed by atoms with Gasteiger partial charge in [0.05, 0.1) is 6.26 Å². The van der Waals surface area contributed by atoms with Crippen molar-refractivity contribution in [1.29, 1.82) is 0 Å². The zero-order chi connectivity index (χ0) is 11.3. The van der Waals surface area contributed by atoms with Crippen LogP contribution < -0.4 is 0 Å². The molecular weight excluding hydrogens is 184 g/mol. The van der Waals surface area contributed by atoms with Gasteiger partial charge in [0.25, 0.3) is 0 Å². The molecule has 1 aromatic heterocycles. The molecular formula is C14H22O. The van der Waals surface area contributed by atoms with Crippen LogP contribution in [0.5, 0.6) is 0 Å². The van der Waals surface area contributed by atoms with Crippen LogP contribution in [0.2, 0.25) is 0 Å². The summed E-state index contributed by atoms with van der Waals surface area (Å²) < 4.78 is 5.44. The second-order valence-corrected chi connectivity index (χ2v) is 4.74. The van der Waals surface area contributed by atoms with Crippen molar-refractivity contribution in [3.8, 4) is 0 Å². The van der Waals surface area contributed by atoms with E-state index in [4.69, 9.17) is 4.42 Å². The molecule has 0 saturated heterocycles. The Kier molecular flexibility index (Phi) is 4.19. The van der Waals surface area contributed by atoms with Gasteiger partial charge in [-0.25, -0.2) is 0 Å². The fourth-order valence-corrected chi connectivity index (χ4v) is 2.00. The molecule has 0 radical (unpaired) electrons. The van der Waals surface area contributed by atoms with E-state index in [1.165, 1.54) is 18.4 Å². The smallest absolute Gasteiger partial charge is 0.129 e. The first-order valence-corrected chi connectivity index (χ1v) is 5.84. The van der Waals surface area contributed by atoms with E-state index in [0.29, 0.717) is 0 Å². The highest BCUT2D eigenvalue weighted by molar-refractivity contribution is 5.61. The maximum absolute atomic E-state index is 5.44. The molecule has 0 spiro atoms. The molecule has 84 valence electrons. The number of hydrogen-bond donors (Lipinski definition) is 0. The molecule has 0 bridgehead atoms. The van der Waals surface area contributed by atoms with Gasteiger partial charge < -0.3 is 4.42 Å². The fourth-order valence-electron chi connectivity index (χ4n) is 2.00.